The highest BCUT2D eigenvalue weighted by Crippen LogP contribution is 2.37. The van der Waals surface area contributed by atoms with E-state index in [0.29, 0.717) is 27.1 Å². The Balaban J connectivity index is 1.65. The monoisotopic (exact) mass is 436 g/mol. The van der Waals surface area contributed by atoms with E-state index >= 15 is 0 Å². The summed E-state index contributed by atoms with van der Waals surface area (Å²) >= 11 is 3.43. The number of H-pyrrole nitrogens is 1. The summed E-state index contributed by atoms with van der Waals surface area (Å²) in [7, 11) is 3.10. The molecule has 0 unspecified atom stereocenters. The average Bonchev–Trinajstić information content (AvgIpc) is 3.17. The third-order valence-corrected chi connectivity index (χ3v) is 5.09. The van der Waals surface area contributed by atoms with E-state index in [-0.39, 0.29) is 5.78 Å². The van der Waals surface area contributed by atoms with E-state index in [4.69, 9.17) is 9.47 Å². The summed E-state index contributed by atoms with van der Waals surface area (Å²) in [5.74, 6) is 1.73. The Hall–Kier alpha value is -3.12. The molecule has 0 saturated heterocycles. The largest absolute Gasteiger partial charge is 0.493 e. The van der Waals surface area contributed by atoms with Crippen molar-refractivity contribution in [1.82, 2.24) is 9.97 Å². The maximum Gasteiger partial charge on any atom is 0.193 e. The Morgan fingerprint density at radius 3 is 2.39 bits per heavy atom. The minimum Gasteiger partial charge on any atom is -0.493 e. The molecule has 28 heavy (non-hydrogen) atoms. The number of nitrogens with zero attached hydrogens (tertiary/aromatic N) is 1. The number of ketones is 1. The fraction of sp³-hybridized carbons (Fsp3) is 0.0909. The van der Waals surface area contributed by atoms with Crippen LogP contribution in [-0.2, 0) is 0 Å². The van der Waals surface area contributed by atoms with Crippen LogP contribution in [-0.4, -0.2) is 30.0 Å². The Morgan fingerprint density at radius 1 is 0.964 bits per heavy atom. The predicted molar refractivity (Wildman–Crippen MR) is 112 cm³/mol. The lowest BCUT2D eigenvalue weighted by Gasteiger charge is -2.11. The number of rotatable bonds is 5. The van der Waals surface area contributed by atoms with Gasteiger partial charge in [-0.2, -0.15) is 0 Å². The maximum atomic E-state index is 12.9. The summed E-state index contributed by atoms with van der Waals surface area (Å²) in [6, 6.07) is 18.7. The van der Waals surface area contributed by atoms with E-state index in [2.05, 4.69) is 25.9 Å². The van der Waals surface area contributed by atoms with Gasteiger partial charge in [0.25, 0.3) is 0 Å². The molecule has 1 heterocycles. The standard InChI is InChI=1S/C22H17BrN2O3/c1-27-19-12-15(11-16(23)21(19)28-2)20(26)13-7-9-14(10-8-13)22-24-17-5-3-4-6-18(17)25-22/h3-12H,1-2H3,(H,24,25). The van der Waals surface area contributed by atoms with Crippen molar-refractivity contribution >= 4 is 32.7 Å². The molecule has 0 spiro atoms. The number of fused-ring (bicyclic) bond motifs is 1. The summed E-state index contributed by atoms with van der Waals surface area (Å²) in [5, 5.41) is 0. The second-order valence-corrected chi connectivity index (χ2v) is 7.06. The first kappa shape index (κ1) is 18.3. The molecule has 4 rings (SSSR count). The van der Waals surface area contributed by atoms with Crippen molar-refractivity contribution in [2.45, 2.75) is 0 Å². The summed E-state index contributed by atoms with van der Waals surface area (Å²) in [6.07, 6.45) is 0. The highest BCUT2D eigenvalue weighted by atomic mass is 79.9. The Labute approximate surface area is 170 Å². The number of methoxy groups -OCH3 is 2. The quantitative estimate of drug-likeness (QED) is 0.434. The molecule has 0 saturated carbocycles. The summed E-state index contributed by atoms with van der Waals surface area (Å²) in [6.45, 7) is 0. The minimum atomic E-state index is -0.0993. The average molecular weight is 437 g/mol. The first-order valence-electron chi connectivity index (χ1n) is 8.62. The van der Waals surface area contributed by atoms with Gasteiger partial charge in [-0.3, -0.25) is 4.79 Å². The first-order valence-corrected chi connectivity index (χ1v) is 9.41. The normalized spacial score (nSPS) is 10.8. The zero-order valence-corrected chi connectivity index (χ0v) is 16.9. The number of carbonyl (C=O) groups is 1. The van der Waals surface area contributed by atoms with Crippen LogP contribution in [0.5, 0.6) is 11.5 Å². The Morgan fingerprint density at radius 2 is 1.71 bits per heavy atom. The molecule has 140 valence electrons. The molecule has 6 heteroatoms. The Kier molecular flexibility index (Phi) is 4.88. The van der Waals surface area contributed by atoms with Crippen molar-refractivity contribution in [3.05, 3.63) is 76.3 Å². The molecule has 0 amide bonds. The second-order valence-electron chi connectivity index (χ2n) is 6.20. The fourth-order valence-corrected chi connectivity index (χ4v) is 3.69. The maximum absolute atomic E-state index is 12.9. The number of carbonyl (C=O) groups excluding carboxylic acids is 1. The van der Waals surface area contributed by atoms with Crippen LogP contribution in [0.4, 0.5) is 0 Å². The number of aromatic nitrogens is 2. The van der Waals surface area contributed by atoms with Crippen LogP contribution >= 0.6 is 15.9 Å². The molecule has 0 atom stereocenters. The van der Waals surface area contributed by atoms with Crippen LogP contribution in [0.2, 0.25) is 0 Å². The van der Waals surface area contributed by atoms with Gasteiger partial charge in [-0.25, -0.2) is 4.98 Å². The number of aromatic amines is 1. The number of ether oxygens (including phenoxy) is 2. The number of para-hydroxylation sites is 2. The molecule has 1 aromatic heterocycles. The fourth-order valence-electron chi connectivity index (χ4n) is 3.08. The first-order chi connectivity index (χ1) is 13.6. The second kappa shape index (κ2) is 7.48. The summed E-state index contributed by atoms with van der Waals surface area (Å²) < 4.78 is 11.3. The van der Waals surface area contributed by atoms with Crippen LogP contribution in [0.3, 0.4) is 0 Å². The lowest BCUT2D eigenvalue weighted by atomic mass is 10.0. The van der Waals surface area contributed by atoms with Gasteiger partial charge in [0, 0.05) is 16.7 Å². The van der Waals surface area contributed by atoms with Gasteiger partial charge in [-0.05, 0) is 40.2 Å². The van der Waals surface area contributed by atoms with Crippen molar-refractivity contribution in [2.75, 3.05) is 14.2 Å². The lowest BCUT2D eigenvalue weighted by Crippen LogP contribution is -2.03. The molecule has 5 nitrogen and oxygen atoms in total. The smallest absolute Gasteiger partial charge is 0.193 e. The molecule has 0 aliphatic rings. The van der Waals surface area contributed by atoms with Crippen LogP contribution < -0.4 is 9.47 Å². The van der Waals surface area contributed by atoms with Crippen molar-refractivity contribution < 1.29 is 14.3 Å². The van der Waals surface area contributed by atoms with Crippen molar-refractivity contribution in [3.8, 4) is 22.9 Å². The van der Waals surface area contributed by atoms with E-state index in [0.717, 1.165) is 22.4 Å². The molecule has 4 aromatic rings. The number of imidazole rings is 1. The summed E-state index contributed by atoms with van der Waals surface area (Å²) in [5.41, 5.74) is 3.90. The van der Waals surface area contributed by atoms with E-state index in [1.165, 1.54) is 0 Å². The zero-order chi connectivity index (χ0) is 19.7. The molecule has 0 aliphatic heterocycles. The number of nitrogens with one attached hydrogen (secondary N) is 1. The molecular weight excluding hydrogens is 420 g/mol. The van der Waals surface area contributed by atoms with Crippen LogP contribution in [0, 0.1) is 0 Å². The van der Waals surface area contributed by atoms with E-state index in [9.17, 15) is 4.79 Å². The molecule has 0 aliphatic carbocycles. The van der Waals surface area contributed by atoms with E-state index in [1.54, 1.807) is 38.5 Å². The van der Waals surface area contributed by atoms with Crippen molar-refractivity contribution in [2.24, 2.45) is 0 Å². The lowest BCUT2D eigenvalue weighted by molar-refractivity contribution is 0.103. The van der Waals surface area contributed by atoms with Gasteiger partial charge < -0.3 is 14.5 Å². The van der Waals surface area contributed by atoms with E-state index in [1.807, 2.05) is 36.4 Å². The molecule has 0 bridgehead atoms. The summed E-state index contributed by atoms with van der Waals surface area (Å²) in [4.78, 5) is 20.8. The number of hydrogen-bond acceptors (Lipinski definition) is 4. The van der Waals surface area contributed by atoms with Crippen LogP contribution in [0.25, 0.3) is 22.4 Å². The molecular formula is C22H17BrN2O3. The molecule has 0 fully saturated rings. The van der Waals surface area contributed by atoms with Gasteiger partial charge in [-0.15, -0.1) is 0 Å². The molecule has 3 aromatic carbocycles. The molecule has 0 radical (unpaired) electrons. The highest BCUT2D eigenvalue weighted by molar-refractivity contribution is 9.10. The van der Waals surface area contributed by atoms with Gasteiger partial charge in [0.15, 0.2) is 17.3 Å². The molecule has 1 N–H and O–H groups in total. The minimum absolute atomic E-state index is 0.0993. The Bertz CT molecular complexity index is 1130. The van der Waals surface area contributed by atoms with Gasteiger partial charge in [0.1, 0.15) is 5.82 Å². The highest BCUT2D eigenvalue weighted by Gasteiger charge is 2.16. The number of benzene rings is 3. The third kappa shape index (κ3) is 3.27. The SMILES string of the molecule is COc1cc(C(=O)c2ccc(-c3nc4ccccc4[nH]3)cc2)cc(Br)c1OC. The topological polar surface area (TPSA) is 64.2 Å². The van der Waals surface area contributed by atoms with Gasteiger partial charge in [0.2, 0.25) is 0 Å². The van der Waals surface area contributed by atoms with Gasteiger partial charge >= 0.3 is 0 Å². The van der Waals surface area contributed by atoms with Crippen LogP contribution in [0.15, 0.2) is 65.1 Å². The van der Waals surface area contributed by atoms with Gasteiger partial charge in [0.05, 0.1) is 29.7 Å². The van der Waals surface area contributed by atoms with Crippen molar-refractivity contribution in [1.29, 1.82) is 0 Å². The van der Waals surface area contributed by atoms with Crippen LogP contribution in [0.1, 0.15) is 15.9 Å². The van der Waals surface area contributed by atoms with Gasteiger partial charge in [-0.1, -0.05) is 36.4 Å². The predicted octanol–water partition coefficient (Wildman–Crippen LogP) is 5.24. The number of hydrogen-bond donors (Lipinski definition) is 1. The zero-order valence-electron chi connectivity index (χ0n) is 15.3. The van der Waals surface area contributed by atoms with E-state index < -0.39 is 0 Å². The number of halogens is 1. The third-order valence-electron chi connectivity index (χ3n) is 4.51. The van der Waals surface area contributed by atoms with Crippen molar-refractivity contribution in [3.63, 3.8) is 0 Å².